The van der Waals surface area contributed by atoms with Gasteiger partial charge < -0.3 is 0 Å². The van der Waals surface area contributed by atoms with E-state index >= 15 is 0 Å². The van der Waals surface area contributed by atoms with Crippen LogP contribution in [0.4, 0.5) is 0 Å². The summed E-state index contributed by atoms with van der Waals surface area (Å²) in [7, 11) is 0. The number of carbonyl (C=O) groups is 2. The van der Waals surface area contributed by atoms with E-state index < -0.39 is 0 Å². The topological polar surface area (TPSA) is 37.4 Å². The molecule has 186 valence electrons. The molecule has 0 N–H and O–H groups in total. The summed E-state index contributed by atoms with van der Waals surface area (Å²) in [5.74, 6) is 2.29. The van der Waals surface area contributed by atoms with Crippen LogP contribution < -0.4 is 0 Å². The first kappa shape index (κ1) is 26.7. The van der Waals surface area contributed by atoms with Gasteiger partial charge in [0.25, 0.3) is 0 Å². The van der Waals surface area contributed by atoms with Crippen LogP contribution in [0.25, 0.3) is 0 Å². The van der Waals surface area contributed by atoms with Crippen LogP contribution >= 0.6 is 12.6 Å². The molecule has 4 rings (SSSR count). The van der Waals surface area contributed by atoms with E-state index in [1.54, 1.807) is 6.08 Å². The number of allylic oxidation sites excluding steroid dienone is 4. The number of nitrogens with zero attached hydrogens (tertiary/aromatic N) is 1. The molecule has 0 bridgehead atoms. The molecule has 3 saturated carbocycles. The van der Waals surface area contributed by atoms with Gasteiger partial charge in [-0.2, -0.15) is 0 Å². The molecule has 6 atom stereocenters. The van der Waals surface area contributed by atoms with Crippen LogP contribution in [0.15, 0.2) is 23.8 Å². The summed E-state index contributed by atoms with van der Waals surface area (Å²) in [4.78, 5) is 26.4. The molecule has 0 radical (unpaired) electrons. The van der Waals surface area contributed by atoms with Crippen LogP contribution in [-0.2, 0) is 9.59 Å². The number of hydrogen-bond acceptors (Lipinski definition) is 3. The summed E-state index contributed by atoms with van der Waals surface area (Å²) in [6.07, 6.45) is 13.7. The number of fused-ring (bicyclic) bond motifs is 5. The highest BCUT2D eigenvalue weighted by atomic mass is 32.1. The second kappa shape index (κ2) is 10.4. The van der Waals surface area contributed by atoms with Crippen molar-refractivity contribution in [3.8, 4) is 0 Å². The van der Waals surface area contributed by atoms with Crippen LogP contribution in [0.2, 0.25) is 0 Å². The Hall–Kier alpha value is -0.870. The van der Waals surface area contributed by atoms with Gasteiger partial charge in [0, 0.05) is 23.4 Å². The summed E-state index contributed by atoms with van der Waals surface area (Å²) in [5, 5.41) is 0.114. The Kier molecular flexibility index (Phi) is 8.42. The Balaban J connectivity index is 0.000000292. The summed E-state index contributed by atoms with van der Waals surface area (Å²) >= 11 is 4.24. The minimum Gasteiger partial charge on any atom is -0.299 e. The van der Waals surface area contributed by atoms with Gasteiger partial charge in [-0.15, -0.1) is 12.6 Å². The number of thiol groups is 1. The third-order valence-corrected chi connectivity index (χ3v) is 10.2. The lowest BCUT2D eigenvalue weighted by atomic mass is 9.47. The lowest BCUT2D eigenvalue weighted by molar-refractivity contribution is -0.122. The fourth-order valence-electron chi connectivity index (χ4n) is 8.39. The van der Waals surface area contributed by atoms with E-state index in [1.165, 1.54) is 24.8 Å². The number of carbonyl (C=O) groups excluding carboxylic acids is 2. The fraction of sp³-hybridized carbons (Fsp3) is 0.793. The molecule has 4 heteroatoms. The minimum absolute atomic E-state index is 0.0553. The van der Waals surface area contributed by atoms with Gasteiger partial charge >= 0.3 is 0 Å². The Morgan fingerprint density at radius 1 is 1.09 bits per heavy atom. The van der Waals surface area contributed by atoms with Gasteiger partial charge in [-0.1, -0.05) is 32.4 Å². The number of hydrogen-bond donors (Lipinski definition) is 1. The lowest BCUT2D eigenvalue weighted by Gasteiger charge is -2.57. The maximum atomic E-state index is 12.2. The van der Waals surface area contributed by atoms with E-state index in [2.05, 4.69) is 72.1 Å². The molecule has 4 aliphatic carbocycles. The van der Waals surface area contributed by atoms with Crippen molar-refractivity contribution in [3.63, 3.8) is 0 Å². The standard InChI is InChI=1S/C21H28O2S.C8H19N/c1-3-21-11-9-16-15(17(21)6-7-18(21)19(23)24)5-4-13-12-14(22)8-10-20(13,16)2;1-6-9(7(2)3)8(4)5/h8,10,12,15-18H,3-7,9,11H2,1-2H3,(H,23,24);7-8H,6H2,1-5H3/t15-,16+,17+,18-,20+,21+;/m1./s1. The molecule has 3 nitrogen and oxygen atoms in total. The molecule has 33 heavy (non-hydrogen) atoms. The Labute approximate surface area is 208 Å². The van der Waals surface area contributed by atoms with Crippen LogP contribution in [0.3, 0.4) is 0 Å². The average Bonchev–Trinajstić information content (AvgIpc) is 3.15. The molecule has 4 aliphatic rings. The molecule has 0 aromatic heterocycles. The van der Waals surface area contributed by atoms with Crippen LogP contribution in [0.1, 0.15) is 93.4 Å². The molecule has 0 aromatic carbocycles. The summed E-state index contributed by atoms with van der Waals surface area (Å²) in [5.41, 5.74) is 1.59. The predicted octanol–water partition coefficient (Wildman–Crippen LogP) is 6.88. The highest BCUT2D eigenvalue weighted by Crippen LogP contribution is 2.67. The predicted molar refractivity (Wildman–Crippen MR) is 141 cm³/mol. The fourth-order valence-corrected chi connectivity index (χ4v) is 8.78. The van der Waals surface area contributed by atoms with Crippen molar-refractivity contribution in [1.82, 2.24) is 4.90 Å². The molecule has 0 aliphatic heterocycles. The van der Waals surface area contributed by atoms with Gasteiger partial charge in [0.05, 0.1) is 0 Å². The Morgan fingerprint density at radius 2 is 1.76 bits per heavy atom. The average molecular weight is 474 g/mol. The van der Waals surface area contributed by atoms with Crippen LogP contribution in [0.5, 0.6) is 0 Å². The van der Waals surface area contributed by atoms with Crippen molar-refractivity contribution in [3.05, 3.63) is 23.8 Å². The van der Waals surface area contributed by atoms with Gasteiger partial charge in [-0.05, 0) is 115 Å². The second-order valence-electron chi connectivity index (χ2n) is 11.7. The van der Waals surface area contributed by atoms with Crippen LogP contribution in [0, 0.1) is 34.5 Å². The van der Waals surface area contributed by atoms with Crippen molar-refractivity contribution in [2.24, 2.45) is 34.5 Å². The largest absolute Gasteiger partial charge is 0.299 e. The summed E-state index contributed by atoms with van der Waals surface area (Å²) in [6, 6.07) is 1.38. The van der Waals surface area contributed by atoms with E-state index in [-0.39, 0.29) is 27.6 Å². The quantitative estimate of drug-likeness (QED) is 0.442. The molecule has 0 spiro atoms. The minimum atomic E-state index is 0.0553. The number of rotatable bonds is 5. The first-order valence-corrected chi connectivity index (χ1v) is 13.9. The van der Waals surface area contributed by atoms with Gasteiger partial charge in [0.15, 0.2) is 10.9 Å². The molecular formula is C29H47NO2S. The maximum Gasteiger partial charge on any atom is 0.189 e. The highest BCUT2D eigenvalue weighted by molar-refractivity contribution is 7.96. The van der Waals surface area contributed by atoms with Crippen molar-refractivity contribution >= 4 is 23.5 Å². The zero-order valence-corrected chi connectivity index (χ0v) is 23.0. The van der Waals surface area contributed by atoms with Crippen molar-refractivity contribution < 1.29 is 9.59 Å². The van der Waals surface area contributed by atoms with Crippen molar-refractivity contribution in [2.45, 2.75) is 105 Å². The zero-order valence-electron chi connectivity index (χ0n) is 22.1. The van der Waals surface area contributed by atoms with E-state index in [0.717, 1.165) is 32.2 Å². The molecule has 0 aromatic rings. The van der Waals surface area contributed by atoms with Crippen molar-refractivity contribution in [1.29, 1.82) is 0 Å². The summed E-state index contributed by atoms with van der Waals surface area (Å²) in [6.45, 7) is 16.9. The molecule has 3 fully saturated rings. The van der Waals surface area contributed by atoms with E-state index in [0.29, 0.717) is 29.8 Å². The normalized spacial score (nSPS) is 37.3. The lowest BCUT2D eigenvalue weighted by Crippen LogP contribution is -2.50. The molecule has 0 heterocycles. The third-order valence-electron chi connectivity index (χ3n) is 9.92. The van der Waals surface area contributed by atoms with E-state index in [4.69, 9.17) is 0 Å². The Bertz CT molecular complexity index is 791. The van der Waals surface area contributed by atoms with Crippen molar-refractivity contribution in [2.75, 3.05) is 6.54 Å². The third kappa shape index (κ3) is 4.81. The second-order valence-corrected chi connectivity index (χ2v) is 12.2. The van der Waals surface area contributed by atoms with Gasteiger partial charge in [-0.25, -0.2) is 0 Å². The van der Waals surface area contributed by atoms with Gasteiger partial charge in [-0.3, -0.25) is 14.5 Å². The molecule has 0 saturated heterocycles. The monoisotopic (exact) mass is 473 g/mol. The van der Waals surface area contributed by atoms with E-state index in [1.807, 2.05) is 6.08 Å². The van der Waals surface area contributed by atoms with Crippen LogP contribution in [-0.4, -0.2) is 34.4 Å². The maximum absolute atomic E-state index is 12.2. The first-order valence-electron chi connectivity index (χ1n) is 13.4. The van der Waals surface area contributed by atoms with E-state index in [9.17, 15) is 9.59 Å². The first-order chi connectivity index (χ1) is 15.5. The van der Waals surface area contributed by atoms with Gasteiger partial charge in [0.2, 0.25) is 0 Å². The molecule has 0 amide bonds. The smallest absolute Gasteiger partial charge is 0.189 e. The highest BCUT2D eigenvalue weighted by Gasteiger charge is 2.60. The zero-order chi connectivity index (χ0) is 24.6. The molecular weight excluding hydrogens is 426 g/mol. The Morgan fingerprint density at radius 3 is 2.27 bits per heavy atom. The SMILES string of the molecule is CCN(C(C)C)C(C)C.CC[C@]12CC[C@H]3[C@@H](CCC4=CC(=O)C=C[C@@]43C)[C@@H]1CC[C@@H]2C(=O)S. The van der Waals surface area contributed by atoms with Gasteiger partial charge in [0.1, 0.15) is 0 Å². The number of ketones is 1. The summed E-state index contributed by atoms with van der Waals surface area (Å²) < 4.78 is 0. The molecule has 0 unspecified atom stereocenters.